The summed E-state index contributed by atoms with van der Waals surface area (Å²) < 4.78 is 1.38. The van der Waals surface area contributed by atoms with Crippen molar-refractivity contribution in [3.8, 4) is 0 Å². The number of carboxylic acid groups (broad SMARTS) is 1. The number of carboxylic acids is 1. The van der Waals surface area contributed by atoms with Crippen LogP contribution < -0.4 is 5.73 Å². The first-order valence-electron chi connectivity index (χ1n) is 3.76. The molecule has 13 heavy (non-hydrogen) atoms. The van der Waals surface area contributed by atoms with E-state index in [9.17, 15) is 4.79 Å². The standard InChI is InChI=1S/C7H11N3O2S/c1-3-13-6-4(7(11)12)5(8)10(2)9-6/h3,8H2,1-2H3,(H,11,12). The van der Waals surface area contributed by atoms with Gasteiger partial charge in [0.25, 0.3) is 0 Å². The van der Waals surface area contributed by atoms with E-state index in [-0.39, 0.29) is 11.4 Å². The maximum absolute atomic E-state index is 10.8. The Hall–Kier alpha value is -1.17. The Labute approximate surface area is 79.9 Å². The molecule has 0 saturated carbocycles. The molecule has 0 saturated heterocycles. The monoisotopic (exact) mass is 201 g/mol. The molecule has 0 bridgehead atoms. The average molecular weight is 201 g/mol. The zero-order chi connectivity index (χ0) is 10.0. The number of nitrogens with two attached hydrogens (primary N) is 1. The topological polar surface area (TPSA) is 81.1 Å². The fourth-order valence-corrected chi connectivity index (χ4v) is 1.74. The summed E-state index contributed by atoms with van der Waals surface area (Å²) in [5, 5.41) is 13.3. The molecule has 0 aromatic carbocycles. The van der Waals surface area contributed by atoms with Crippen LogP contribution in [0.1, 0.15) is 17.3 Å². The molecular formula is C7H11N3O2S. The van der Waals surface area contributed by atoms with E-state index < -0.39 is 5.97 Å². The lowest BCUT2D eigenvalue weighted by atomic mass is 10.3. The van der Waals surface area contributed by atoms with Crippen molar-refractivity contribution in [1.29, 1.82) is 0 Å². The number of aromatic nitrogens is 2. The fraction of sp³-hybridized carbons (Fsp3) is 0.429. The second kappa shape index (κ2) is 3.69. The normalized spacial score (nSPS) is 10.3. The number of nitrogens with zero attached hydrogens (tertiary/aromatic N) is 2. The average Bonchev–Trinajstić information content (AvgIpc) is 2.28. The molecule has 0 radical (unpaired) electrons. The predicted molar refractivity (Wildman–Crippen MR) is 51.0 cm³/mol. The third-order valence-corrected chi connectivity index (χ3v) is 2.40. The molecule has 1 heterocycles. The molecule has 1 aromatic rings. The lowest BCUT2D eigenvalue weighted by Crippen LogP contribution is -2.03. The van der Waals surface area contributed by atoms with E-state index >= 15 is 0 Å². The zero-order valence-corrected chi connectivity index (χ0v) is 8.26. The Kier molecular flexibility index (Phi) is 2.82. The van der Waals surface area contributed by atoms with Gasteiger partial charge in [-0.2, -0.15) is 5.10 Å². The zero-order valence-electron chi connectivity index (χ0n) is 7.44. The Morgan fingerprint density at radius 1 is 1.77 bits per heavy atom. The van der Waals surface area contributed by atoms with Gasteiger partial charge < -0.3 is 10.8 Å². The maximum Gasteiger partial charge on any atom is 0.342 e. The number of hydrogen-bond acceptors (Lipinski definition) is 4. The first-order valence-corrected chi connectivity index (χ1v) is 4.75. The van der Waals surface area contributed by atoms with E-state index in [1.165, 1.54) is 16.4 Å². The van der Waals surface area contributed by atoms with E-state index in [0.717, 1.165) is 5.75 Å². The van der Waals surface area contributed by atoms with Crippen molar-refractivity contribution < 1.29 is 9.90 Å². The summed E-state index contributed by atoms with van der Waals surface area (Å²) in [6.45, 7) is 1.93. The van der Waals surface area contributed by atoms with E-state index in [4.69, 9.17) is 10.8 Å². The molecule has 0 spiro atoms. The number of carbonyl (C=O) groups is 1. The van der Waals surface area contributed by atoms with Gasteiger partial charge in [-0.25, -0.2) is 4.79 Å². The summed E-state index contributed by atoms with van der Waals surface area (Å²) in [5.41, 5.74) is 5.65. The minimum Gasteiger partial charge on any atom is -0.477 e. The Morgan fingerprint density at radius 3 is 2.85 bits per heavy atom. The number of rotatable bonds is 3. The van der Waals surface area contributed by atoms with Crippen molar-refractivity contribution in [3.63, 3.8) is 0 Å². The van der Waals surface area contributed by atoms with Crippen molar-refractivity contribution >= 4 is 23.5 Å². The third kappa shape index (κ3) is 1.77. The molecule has 1 aromatic heterocycles. The van der Waals surface area contributed by atoms with E-state index in [1.54, 1.807) is 7.05 Å². The van der Waals surface area contributed by atoms with Crippen LogP contribution in [-0.2, 0) is 7.05 Å². The van der Waals surface area contributed by atoms with Gasteiger partial charge in [0, 0.05) is 7.05 Å². The quantitative estimate of drug-likeness (QED) is 0.707. The van der Waals surface area contributed by atoms with Crippen molar-refractivity contribution in [2.75, 3.05) is 11.5 Å². The Morgan fingerprint density at radius 2 is 2.38 bits per heavy atom. The minimum atomic E-state index is -1.03. The molecule has 0 fully saturated rings. The number of aryl methyl sites for hydroxylation is 1. The van der Waals surface area contributed by atoms with Gasteiger partial charge in [0.15, 0.2) is 0 Å². The molecule has 3 N–H and O–H groups in total. The second-order valence-electron chi connectivity index (χ2n) is 2.43. The van der Waals surface area contributed by atoms with Gasteiger partial charge in [0.2, 0.25) is 0 Å². The van der Waals surface area contributed by atoms with Crippen LogP contribution in [0.2, 0.25) is 0 Å². The summed E-state index contributed by atoms with van der Waals surface area (Å²) in [6.07, 6.45) is 0. The van der Waals surface area contributed by atoms with Crippen molar-refractivity contribution in [2.45, 2.75) is 11.9 Å². The molecule has 0 aliphatic heterocycles. The molecule has 0 aliphatic rings. The van der Waals surface area contributed by atoms with Gasteiger partial charge in [-0.3, -0.25) is 4.68 Å². The highest BCUT2D eigenvalue weighted by atomic mass is 32.2. The Bertz CT molecular complexity index is 335. The van der Waals surface area contributed by atoms with Gasteiger partial charge >= 0.3 is 5.97 Å². The van der Waals surface area contributed by atoms with Crippen LogP contribution in [0.4, 0.5) is 5.82 Å². The van der Waals surface area contributed by atoms with Gasteiger partial charge in [-0.15, -0.1) is 11.8 Å². The molecule has 0 amide bonds. The van der Waals surface area contributed by atoms with Crippen molar-refractivity contribution in [1.82, 2.24) is 9.78 Å². The number of thioether (sulfide) groups is 1. The molecule has 0 aliphatic carbocycles. The van der Waals surface area contributed by atoms with Crippen LogP contribution >= 0.6 is 11.8 Å². The van der Waals surface area contributed by atoms with E-state index in [1.807, 2.05) is 6.92 Å². The van der Waals surface area contributed by atoms with Crippen LogP contribution in [0.25, 0.3) is 0 Å². The summed E-state index contributed by atoms with van der Waals surface area (Å²) in [7, 11) is 1.63. The summed E-state index contributed by atoms with van der Waals surface area (Å²) in [6, 6.07) is 0. The highest BCUT2D eigenvalue weighted by molar-refractivity contribution is 7.99. The van der Waals surface area contributed by atoms with Crippen molar-refractivity contribution in [2.24, 2.45) is 7.05 Å². The number of aromatic carboxylic acids is 1. The summed E-state index contributed by atoms with van der Waals surface area (Å²) in [4.78, 5) is 10.8. The fourth-order valence-electron chi connectivity index (χ4n) is 0.950. The molecule has 0 unspecified atom stereocenters. The molecule has 5 nitrogen and oxygen atoms in total. The lowest BCUT2D eigenvalue weighted by Gasteiger charge is -1.94. The molecular weight excluding hydrogens is 190 g/mol. The highest BCUT2D eigenvalue weighted by Crippen LogP contribution is 2.25. The first kappa shape index (κ1) is 9.91. The third-order valence-electron chi connectivity index (χ3n) is 1.55. The maximum atomic E-state index is 10.8. The van der Waals surface area contributed by atoms with Gasteiger partial charge in [-0.1, -0.05) is 6.92 Å². The van der Waals surface area contributed by atoms with Crippen LogP contribution in [0, 0.1) is 0 Å². The number of nitrogen functional groups attached to an aromatic ring is 1. The number of hydrogen-bond donors (Lipinski definition) is 2. The first-order chi connectivity index (χ1) is 6.07. The predicted octanol–water partition coefficient (Wildman–Crippen LogP) is 0.812. The van der Waals surface area contributed by atoms with E-state index in [0.29, 0.717) is 5.03 Å². The largest absolute Gasteiger partial charge is 0.477 e. The minimum absolute atomic E-state index is 0.106. The smallest absolute Gasteiger partial charge is 0.342 e. The summed E-state index contributed by atoms with van der Waals surface area (Å²) >= 11 is 1.37. The highest BCUT2D eigenvalue weighted by Gasteiger charge is 2.19. The second-order valence-corrected chi connectivity index (χ2v) is 3.68. The van der Waals surface area contributed by atoms with Crippen LogP contribution in [0.3, 0.4) is 0 Å². The molecule has 1 rings (SSSR count). The van der Waals surface area contributed by atoms with Crippen LogP contribution in [0.5, 0.6) is 0 Å². The molecule has 6 heteroatoms. The Balaban J connectivity index is 3.18. The number of anilines is 1. The van der Waals surface area contributed by atoms with Gasteiger partial charge in [0.05, 0.1) is 0 Å². The summed E-state index contributed by atoms with van der Waals surface area (Å²) in [5.74, 6) is -0.0542. The SMILES string of the molecule is CCSc1nn(C)c(N)c1C(=O)O. The van der Waals surface area contributed by atoms with Gasteiger partial charge in [-0.05, 0) is 5.75 Å². The van der Waals surface area contributed by atoms with Gasteiger partial charge in [0.1, 0.15) is 16.4 Å². The molecule has 72 valence electrons. The molecule has 0 atom stereocenters. The van der Waals surface area contributed by atoms with Crippen LogP contribution in [-0.4, -0.2) is 26.6 Å². The van der Waals surface area contributed by atoms with Crippen LogP contribution in [0.15, 0.2) is 5.03 Å². The van der Waals surface area contributed by atoms with Crippen molar-refractivity contribution in [3.05, 3.63) is 5.56 Å². The lowest BCUT2D eigenvalue weighted by molar-refractivity contribution is 0.0694. The van der Waals surface area contributed by atoms with E-state index in [2.05, 4.69) is 5.10 Å².